The molecule has 3 heterocycles. The monoisotopic (exact) mass is 785 g/mol. The molecule has 3 aliphatic heterocycles. The molecule has 288 valence electrons. The highest BCUT2D eigenvalue weighted by Crippen LogP contribution is 2.61. The standard InChI is InChI=1S/C41H60BrN3O7/c1-10-12-21-30(47)43(9)27(3)33(28-19-15-13-16-20-28)51-38(50)31-32-36(48)44(23-17-14-18-24-46)35(41(32)25-29(42)34(31)52-41)37(49)45(22-11-2)40(7,8)26-39(4,5)6/h10-11,13,15-16,19-20,27,29,31-35,46H,1-2,12,14,17-18,21-26H2,3-9H3/t27-,29?,31+,32-,33+,34+,35+,41-/m0/s1. The number of ether oxygens (including phenoxy) is 2. The quantitative estimate of drug-likeness (QED) is 0.0813. The molecule has 10 nitrogen and oxygen atoms in total. The number of alkyl halides is 1. The number of amides is 3. The minimum atomic E-state index is -1.25. The van der Waals surface area contributed by atoms with E-state index in [9.17, 15) is 19.5 Å². The zero-order chi connectivity index (χ0) is 38.6. The van der Waals surface area contributed by atoms with E-state index in [1.165, 1.54) is 0 Å². The van der Waals surface area contributed by atoms with Gasteiger partial charge < -0.3 is 29.3 Å². The molecule has 3 saturated heterocycles. The van der Waals surface area contributed by atoms with E-state index >= 15 is 4.79 Å². The van der Waals surface area contributed by atoms with Gasteiger partial charge in [0.2, 0.25) is 17.7 Å². The first-order chi connectivity index (χ1) is 24.5. The second kappa shape index (κ2) is 17.0. The molecular formula is C41H60BrN3O7. The number of likely N-dealkylation sites (N-methyl/N-ethyl adjacent to an activating group) is 1. The van der Waals surface area contributed by atoms with E-state index in [-0.39, 0.29) is 47.5 Å². The number of aliphatic hydroxyl groups is 1. The summed E-state index contributed by atoms with van der Waals surface area (Å²) in [5.74, 6) is -3.11. The lowest BCUT2D eigenvalue weighted by atomic mass is 9.70. The van der Waals surface area contributed by atoms with Gasteiger partial charge in [0.25, 0.3) is 0 Å². The van der Waals surface area contributed by atoms with Crippen LogP contribution in [0.25, 0.3) is 0 Å². The fourth-order valence-corrected chi connectivity index (χ4v) is 9.86. The molecule has 2 bridgehead atoms. The predicted molar refractivity (Wildman–Crippen MR) is 205 cm³/mol. The molecule has 0 aromatic heterocycles. The Hall–Kier alpha value is -3.02. The van der Waals surface area contributed by atoms with E-state index < -0.39 is 53.2 Å². The Morgan fingerprint density at radius 3 is 2.38 bits per heavy atom. The van der Waals surface area contributed by atoms with Gasteiger partial charge in [0.05, 0.1) is 24.0 Å². The summed E-state index contributed by atoms with van der Waals surface area (Å²) < 4.78 is 13.2. The number of halogens is 1. The van der Waals surface area contributed by atoms with E-state index in [1.807, 2.05) is 56.0 Å². The van der Waals surface area contributed by atoms with Gasteiger partial charge in [0.15, 0.2) is 0 Å². The molecule has 1 N–H and O–H groups in total. The van der Waals surface area contributed by atoms with Crippen molar-refractivity contribution in [3.8, 4) is 0 Å². The van der Waals surface area contributed by atoms with Crippen LogP contribution in [-0.4, -0.2) is 104 Å². The van der Waals surface area contributed by atoms with Crippen molar-refractivity contribution in [1.29, 1.82) is 0 Å². The van der Waals surface area contributed by atoms with Crippen LogP contribution in [0.4, 0.5) is 0 Å². The third kappa shape index (κ3) is 8.52. The molecule has 0 aliphatic carbocycles. The number of likely N-dealkylation sites (tertiary alicyclic amines) is 1. The molecule has 3 fully saturated rings. The Kier molecular flexibility index (Phi) is 13.6. The highest BCUT2D eigenvalue weighted by molar-refractivity contribution is 9.09. The van der Waals surface area contributed by atoms with Gasteiger partial charge >= 0.3 is 5.97 Å². The van der Waals surface area contributed by atoms with E-state index in [4.69, 9.17) is 9.47 Å². The zero-order valence-corrected chi connectivity index (χ0v) is 33.8. The number of hydrogen-bond acceptors (Lipinski definition) is 7. The Labute approximate surface area is 319 Å². The summed E-state index contributed by atoms with van der Waals surface area (Å²) in [5, 5.41) is 9.45. The molecule has 52 heavy (non-hydrogen) atoms. The van der Waals surface area contributed by atoms with Crippen LogP contribution in [0.5, 0.6) is 0 Å². The summed E-state index contributed by atoms with van der Waals surface area (Å²) in [6.45, 7) is 20.6. The number of nitrogens with zero attached hydrogens (tertiary/aromatic N) is 3. The van der Waals surface area contributed by atoms with E-state index in [2.05, 4.69) is 49.9 Å². The van der Waals surface area contributed by atoms with Crippen LogP contribution in [-0.2, 0) is 28.7 Å². The van der Waals surface area contributed by atoms with Gasteiger partial charge in [-0.3, -0.25) is 19.2 Å². The van der Waals surface area contributed by atoms with Gasteiger partial charge in [-0.25, -0.2) is 0 Å². The number of hydrogen-bond donors (Lipinski definition) is 1. The third-order valence-corrected chi connectivity index (χ3v) is 11.8. The van der Waals surface area contributed by atoms with E-state index in [0.717, 1.165) is 5.56 Å². The zero-order valence-electron chi connectivity index (χ0n) is 32.2. The summed E-state index contributed by atoms with van der Waals surface area (Å²) >= 11 is 3.79. The Morgan fingerprint density at radius 2 is 1.79 bits per heavy atom. The fraction of sp³-hybridized carbons (Fsp3) is 0.659. The van der Waals surface area contributed by atoms with Crippen molar-refractivity contribution in [2.24, 2.45) is 17.3 Å². The SMILES string of the molecule is C=CCCC(=O)N(C)[C@@H](C)[C@@H](OC(=O)[C@H]1[C@@H]2O[C@@]3(CC2Br)[C@@H]1C(=O)N(CCCCCO)[C@@H]3C(=O)N(CC=C)C(C)(C)CC(C)(C)C)c1ccccc1. The van der Waals surface area contributed by atoms with Crippen LogP contribution in [0.15, 0.2) is 55.6 Å². The van der Waals surface area contributed by atoms with Gasteiger partial charge in [-0.15, -0.1) is 13.2 Å². The number of unbranched alkanes of at least 4 members (excludes halogenated alkanes) is 2. The van der Waals surface area contributed by atoms with Gasteiger partial charge in [-0.2, -0.15) is 0 Å². The maximum Gasteiger partial charge on any atom is 0.313 e. The highest BCUT2D eigenvalue weighted by atomic mass is 79.9. The number of rotatable bonds is 18. The van der Waals surface area contributed by atoms with Crippen molar-refractivity contribution in [2.45, 2.75) is 127 Å². The average molecular weight is 787 g/mol. The molecule has 8 atom stereocenters. The van der Waals surface area contributed by atoms with Gasteiger partial charge in [-0.1, -0.05) is 79.2 Å². The Balaban J connectivity index is 1.74. The first-order valence-electron chi connectivity index (χ1n) is 18.7. The second-order valence-electron chi connectivity index (χ2n) is 16.6. The topological polar surface area (TPSA) is 117 Å². The van der Waals surface area contributed by atoms with E-state index in [1.54, 1.807) is 29.0 Å². The number of allylic oxidation sites excluding steroid dienone is 1. The predicted octanol–water partition coefficient (Wildman–Crippen LogP) is 6.22. The lowest BCUT2D eigenvalue weighted by Gasteiger charge is -2.45. The largest absolute Gasteiger partial charge is 0.455 e. The number of aliphatic hydroxyl groups excluding tert-OH is 1. The Morgan fingerprint density at radius 1 is 1.12 bits per heavy atom. The average Bonchev–Trinajstić information content (AvgIpc) is 3.68. The summed E-state index contributed by atoms with van der Waals surface area (Å²) in [6.07, 6.45) is 5.63. The highest BCUT2D eigenvalue weighted by Gasteiger charge is 2.77. The molecule has 3 aliphatic rings. The van der Waals surface area contributed by atoms with Crippen LogP contribution < -0.4 is 0 Å². The Bertz CT molecular complexity index is 1460. The van der Waals surface area contributed by atoms with Crippen molar-refractivity contribution in [2.75, 3.05) is 26.7 Å². The first-order valence-corrected chi connectivity index (χ1v) is 19.6. The van der Waals surface area contributed by atoms with Crippen LogP contribution in [0.2, 0.25) is 0 Å². The molecule has 4 rings (SSSR count). The lowest BCUT2D eigenvalue weighted by Crippen LogP contribution is -2.61. The van der Waals surface area contributed by atoms with Crippen LogP contribution in [0.1, 0.15) is 98.2 Å². The summed E-state index contributed by atoms with van der Waals surface area (Å²) in [7, 11) is 1.70. The molecule has 0 saturated carbocycles. The van der Waals surface area contributed by atoms with Gasteiger partial charge in [0, 0.05) is 43.5 Å². The molecule has 0 radical (unpaired) electrons. The maximum absolute atomic E-state index is 15.1. The number of benzene rings is 1. The molecule has 1 aromatic carbocycles. The van der Waals surface area contributed by atoms with Crippen molar-refractivity contribution in [3.05, 3.63) is 61.2 Å². The third-order valence-electron chi connectivity index (χ3n) is 11.0. The first kappa shape index (κ1) is 41.7. The molecule has 3 amide bonds. The molecule has 1 aromatic rings. The van der Waals surface area contributed by atoms with Crippen molar-refractivity contribution in [3.63, 3.8) is 0 Å². The minimum Gasteiger partial charge on any atom is -0.455 e. The molecule has 1 spiro atoms. The minimum absolute atomic E-state index is 0.0387. The number of carbonyl (C=O) groups excluding carboxylic acids is 4. The summed E-state index contributed by atoms with van der Waals surface area (Å²) in [4.78, 5) is 62.2. The molecular weight excluding hydrogens is 726 g/mol. The second-order valence-corrected chi connectivity index (χ2v) is 17.8. The van der Waals surface area contributed by atoms with Crippen LogP contribution in [0, 0.1) is 17.3 Å². The van der Waals surface area contributed by atoms with E-state index in [0.29, 0.717) is 45.1 Å². The molecule has 11 heteroatoms. The fourth-order valence-electron chi connectivity index (χ4n) is 8.92. The van der Waals surface area contributed by atoms with Crippen LogP contribution >= 0.6 is 15.9 Å². The summed E-state index contributed by atoms with van der Waals surface area (Å²) in [5.41, 5.74) is -1.20. The number of carbonyl (C=O) groups is 4. The van der Waals surface area contributed by atoms with Gasteiger partial charge in [0.1, 0.15) is 17.7 Å². The van der Waals surface area contributed by atoms with Crippen molar-refractivity contribution >= 4 is 39.6 Å². The number of esters is 1. The van der Waals surface area contributed by atoms with Crippen molar-refractivity contribution in [1.82, 2.24) is 14.7 Å². The van der Waals surface area contributed by atoms with Crippen LogP contribution in [0.3, 0.4) is 0 Å². The number of fused-ring (bicyclic) bond motifs is 1. The summed E-state index contributed by atoms with van der Waals surface area (Å²) in [6, 6.07) is 7.82. The normalized spacial score (nSPS) is 26.4. The molecule has 1 unspecified atom stereocenters. The smallest absolute Gasteiger partial charge is 0.313 e. The van der Waals surface area contributed by atoms with Crippen molar-refractivity contribution < 1.29 is 33.8 Å². The lowest BCUT2D eigenvalue weighted by molar-refractivity contribution is -0.164. The van der Waals surface area contributed by atoms with Gasteiger partial charge in [-0.05, 0) is 70.3 Å². The maximum atomic E-state index is 15.1.